The minimum absolute atomic E-state index is 0.599. The predicted molar refractivity (Wildman–Crippen MR) is 244 cm³/mol. The highest BCUT2D eigenvalue weighted by molar-refractivity contribution is 9.10. The van der Waals surface area contributed by atoms with Crippen molar-refractivity contribution in [3.8, 4) is 22.6 Å². The summed E-state index contributed by atoms with van der Waals surface area (Å²) in [5, 5.41) is 5.14. The third-order valence-electron chi connectivity index (χ3n) is 9.32. The van der Waals surface area contributed by atoms with Crippen molar-refractivity contribution in [1.29, 1.82) is 0 Å². The predicted octanol–water partition coefficient (Wildman–Crippen LogP) is 13.1. The number of anilines is 5. The first-order valence-electron chi connectivity index (χ1n) is 19.0. The highest BCUT2D eigenvalue weighted by atomic mass is 79.9. The lowest BCUT2D eigenvalue weighted by molar-refractivity contribution is 0.111. The smallest absolute Gasteiger partial charge is 0.150 e. The summed E-state index contributed by atoms with van der Waals surface area (Å²) in [6.07, 6.45) is 15.8. The van der Waals surface area contributed by atoms with Gasteiger partial charge in [0.2, 0.25) is 0 Å². The number of hydrogen-bond donors (Lipinski definition) is 1. The van der Waals surface area contributed by atoms with Gasteiger partial charge >= 0.3 is 0 Å². The Kier molecular flexibility index (Phi) is 12.5. The average molecular weight is 864 g/mol. The summed E-state index contributed by atoms with van der Waals surface area (Å²) in [5.74, 6) is 1.56. The molecule has 0 saturated heterocycles. The maximum absolute atomic E-state index is 11.0. The highest BCUT2D eigenvalue weighted by Crippen LogP contribution is 2.36. The van der Waals surface area contributed by atoms with E-state index in [-0.39, 0.29) is 0 Å². The van der Waals surface area contributed by atoms with Crippen molar-refractivity contribution in [2.45, 2.75) is 0 Å². The number of carbonyl (C=O) groups excluding carboxylic acids is 2. The Labute approximate surface area is 359 Å². The van der Waals surface area contributed by atoms with Gasteiger partial charge in [-0.25, -0.2) is 0 Å². The van der Waals surface area contributed by atoms with Crippen LogP contribution >= 0.6 is 15.9 Å². The van der Waals surface area contributed by atoms with E-state index in [1.807, 2.05) is 134 Å². The van der Waals surface area contributed by atoms with Crippen LogP contribution in [0.1, 0.15) is 20.7 Å². The molecule has 11 heteroatoms. The van der Waals surface area contributed by atoms with Crippen molar-refractivity contribution in [3.05, 3.63) is 211 Å². The van der Waals surface area contributed by atoms with E-state index in [0.717, 1.165) is 84.5 Å². The Bertz CT molecular complexity index is 2900. The molecule has 6 heterocycles. The normalized spacial score (nSPS) is 10.5. The van der Waals surface area contributed by atoms with Crippen LogP contribution in [0, 0.1) is 0 Å². The van der Waals surface area contributed by atoms with Crippen LogP contribution < -0.4 is 10.2 Å². The minimum Gasteiger partial charge on any atom is -0.456 e. The molecular formula is C50H35BrN6O4. The molecule has 61 heavy (non-hydrogen) atoms. The standard InChI is InChI=1S/C25H17N3O2.C15H9BrO2.C10H9N3/c29-17-18-5-6-20-14-25(30-24(20)13-18)19-7-9-21(10-8-19)28(22-3-1-11-26-15-22)23-4-2-12-27-16-23;16-13-5-3-11(4-6-13)15-8-12-2-1-10(9-17)7-14(12)18-15;1-3-9(7-11-5-1)13-10-4-2-6-12-8-10/h1-17H;1-9H;1-8,13H. The number of nitrogens with one attached hydrogen (secondary N) is 1. The summed E-state index contributed by atoms with van der Waals surface area (Å²) in [4.78, 5) is 40.3. The summed E-state index contributed by atoms with van der Waals surface area (Å²) in [7, 11) is 0. The zero-order valence-corrected chi connectivity index (χ0v) is 34.0. The summed E-state index contributed by atoms with van der Waals surface area (Å²) < 4.78 is 12.8. The molecule has 10 rings (SSSR count). The first-order valence-corrected chi connectivity index (χ1v) is 19.8. The SMILES string of the molecule is O=Cc1ccc2cc(-c3ccc(Br)cc3)oc2c1.O=Cc1ccc2cc(-c3ccc(N(c4cccnc4)c4cccnc4)cc3)oc2c1.c1cncc(Nc2cccnc2)c1. The number of benzene rings is 4. The van der Waals surface area contributed by atoms with Gasteiger partial charge in [0.15, 0.2) is 0 Å². The van der Waals surface area contributed by atoms with Crippen LogP contribution in [0.3, 0.4) is 0 Å². The summed E-state index contributed by atoms with van der Waals surface area (Å²) in [5.41, 5.74) is 9.45. The number of carbonyl (C=O) groups is 2. The number of nitrogens with zero attached hydrogens (tertiary/aromatic N) is 5. The second-order valence-corrected chi connectivity index (χ2v) is 14.4. The molecule has 0 atom stereocenters. The lowest BCUT2D eigenvalue weighted by Crippen LogP contribution is -2.10. The number of aromatic nitrogens is 4. The quantitative estimate of drug-likeness (QED) is 0.140. The van der Waals surface area contributed by atoms with Crippen molar-refractivity contribution < 1.29 is 18.4 Å². The van der Waals surface area contributed by atoms with Crippen LogP contribution in [0.5, 0.6) is 0 Å². The topological polar surface area (TPSA) is 127 Å². The van der Waals surface area contributed by atoms with E-state index in [0.29, 0.717) is 16.7 Å². The van der Waals surface area contributed by atoms with Gasteiger partial charge in [-0.05, 0) is 109 Å². The molecule has 6 aromatic heterocycles. The molecule has 0 saturated carbocycles. The molecule has 4 aromatic carbocycles. The van der Waals surface area contributed by atoms with Crippen LogP contribution in [0.4, 0.5) is 28.4 Å². The maximum atomic E-state index is 11.0. The number of fused-ring (bicyclic) bond motifs is 2. The fourth-order valence-corrected chi connectivity index (χ4v) is 6.64. The van der Waals surface area contributed by atoms with Gasteiger partial charge in [-0.15, -0.1) is 0 Å². The molecular weight excluding hydrogens is 828 g/mol. The molecule has 0 bridgehead atoms. The first kappa shape index (κ1) is 39.8. The van der Waals surface area contributed by atoms with Crippen molar-refractivity contribution in [1.82, 2.24) is 19.9 Å². The van der Waals surface area contributed by atoms with Gasteiger partial charge in [0, 0.05) is 68.0 Å². The molecule has 0 spiro atoms. The third-order valence-corrected chi connectivity index (χ3v) is 9.85. The largest absolute Gasteiger partial charge is 0.456 e. The van der Waals surface area contributed by atoms with Crippen LogP contribution in [0.2, 0.25) is 0 Å². The maximum Gasteiger partial charge on any atom is 0.150 e. The van der Waals surface area contributed by atoms with Crippen molar-refractivity contribution in [3.63, 3.8) is 0 Å². The van der Waals surface area contributed by atoms with Crippen LogP contribution in [-0.2, 0) is 0 Å². The van der Waals surface area contributed by atoms with E-state index in [1.165, 1.54) is 0 Å². The number of aldehydes is 2. The molecule has 0 amide bonds. The van der Waals surface area contributed by atoms with E-state index in [4.69, 9.17) is 8.83 Å². The molecule has 0 unspecified atom stereocenters. The summed E-state index contributed by atoms with van der Waals surface area (Å²) >= 11 is 3.40. The molecule has 0 fully saturated rings. The van der Waals surface area contributed by atoms with Gasteiger partial charge in [-0.2, -0.15) is 0 Å². The van der Waals surface area contributed by atoms with Crippen LogP contribution in [-0.4, -0.2) is 32.5 Å². The molecule has 0 aliphatic carbocycles. The monoisotopic (exact) mass is 862 g/mol. The lowest BCUT2D eigenvalue weighted by Gasteiger charge is -2.24. The molecule has 0 aliphatic rings. The van der Waals surface area contributed by atoms with E-state index >= 15 is 0 Å². The number of halogens is 1. The zero-order chi connectivity index (χ0) is 41.8. The Morgan fingerprint density at radius 3 is 1.33 bits per heavy atom. The van der Waals surface area contributed by atoms with Gasteiger partial charge in [0.25, 0.3) is 0 Å². The first-order chi connectivity index (χ1) is 30.0. The number of pyridine rings is 4. The molecule has 10 nitrogen and oxygen atoms in total. The number of rotatable bonds is 9. The third kappa shape index (κ3) is 9.99. The molecule has 0 aliphatic heterocycles. The minimum atomic E-state index is 0.599. The Balaban J connectivity index is 0.000000140. The molecule has 296 valence electrons. The number of hydrogen-bond acceptors (Lipinski definition) is 10. The Morgan fingerprint density at radius 1 is 0.475 bits per heavy atom. The fraction of sp³-hybridized carbons (Fsp3) is 0. The van der Waals surface area contributed by atoms with Gasteiger partial charge in [-0.3, -0.25) is 29.5 Å². The van der Waals surface area contributed by atoms with Crippen molar-refractivity contribution in [2.24, 2.45) is 0 Å². The summed E-state index contributed by atoms with van der Waals surface area (Å²) in [6, 6.07) is 46.4. The molecule has 10 aromatic rings. The van der Waals surface area contributed by atoms with Gasteiger partial charge < -0.3 is 19.1 Å². The number of furan rings is 2. The second-order valence-electron chi connectivity index (χ2n) is 13.5. The zero-order valence-electron chi connectivity index (χ0n) is 32.4. The van der Waals surface area contributed by atoms with E-state index < -0.39 is 0 Å². The average Bonchev–Trinajstić information content (AvgIpc) is 3.96. The van der Waals surface area contributed by atoms with Crippen molar-refractivity contribution >= 4 is 78.9 Å². The van der Waals surface area contributed by atoms with Gasteiger partial charge in [0.1, 0.15) is 35.3 Å². The van der Waals surface area contributed by atoms with E-state index in [9.17, 15) is 9.59 Å². The Morgan fingerprint density at radius 2 is 0.918 bits per heavy atom. The molecule has 1 N–H and O–H groups in total. The van der Waals surface area contributed by atoms with Gasteiger partial charge in [-0.1, -0.05) is 52.3 Å². The lowest BCUT2D eigenvalue weighted by atomic mass is 10.1. The molecule has 0 radical (unpaired) electrons. The van der Waals surface area contributed by atoms with Crippen molar-refractivity contribution in [2.75, 3.05) is 10.2 Å². The van der Waals surface area contributed by atoms with Crippen LogP contribution in [0.25, 0.3) is 44.6 Å². The second kappa shape index (κ2) is 19.2. The van der Waals surface area contributed by atoms with Gasteiger partial charge in [0.05, 0.1) is 47.5 Å². The fourth-order valence-electron chi connectivity index (χ4n) is 6.37. The van der Waals surface area contributed by atoms with E-state index in [2.05, 4.69) is 46.1 Å². The van der Waals surface area contributed by atoms with E-state index in [1.54, 1.807) is 61.4 Å². The highest BCUT2D eigenvalue weighted by Gasteiger charge is 2.14. The van der Waals surface area contributed by atoms with Crippen LogP contribution in [0.15, 0.2) is 208 Å². The Hall–Kier alpha value is -8.02. The summed E-state index contributed by atoms with van der Waals surface area (Å²) in [6.45, 7) is 0.